The summed E-state index contributed by atoms with van der Waals surface area (Å²) >= 11 is 0. The largest absolute Gasteiger partial charge is 0.376 e. The predicted octanol–water partition coefficient (Wildman–Crippen LogP) is 0.967. The molecule has 1 unspecified atom stereocenters. The van der Waals surface area contributed by atoms with E-state index in [0.29, 0.717) is 25.9 Å². The van der Waals surface area contributed by atoms with Crippen LogP contribution in [0.2, 0.25) is 0 Å². The highest BCUT2D eigenvalue weighted by Crippen LogP contribution is 2.29. The summed E-state index contributed by atoms with van der Waals surface area (Å²) in [6.07, 6.45) is 7.77. The predicted molar refractivity (Wildman–Crippen MR) is 91.1 cm³/mol. The normalized spacial score (nSPS) is 21.2. The van der Waals surface area contributed by atoms with Crippen LogP contribution in [0.4, 0.5) is 0 Å². The van der Waals surface area contributed by atoms with Crippen molar-refractivity contribution in [1.82, 2.24) is 20.0 Å². The van der Waals surface area contributed by atoms with Crippen LogP contribution in [0.5, 0.6) is 0 Å². The van der Waals surface area contributed by atoms with Crippen LogP contribution in [0.15, 0.2) is 18.3 Å². The number of rotatable bonds is 6. The maximum Gasteiger partial charge on any atom is 0.246 e. The van der Waals surface area contributed by atoms with Gasteiger partial charge in [-0.15, -0.1) is 0 Å². The van der Waals surface area contributed by atoms with Gasteiger partial charge < -0.3 is 15.0 Å². The minimum atomic E-state index is -0.444. The molecule has 7 heteroatoms. The Balaban J connectivity index is 2.00. The maximum atomic E-state index is 12.5. The number of hydrogen-bond donors (Lipinski definition) is 1. The summed E-state index contributed by atoms with van der Waals surface area (Å²) in [5.41, 5.74) is 0.429. The highest BCUT2D eigenvalue weighted by atomic mass is 16.5. The third kappa shape index (κ3) is 4.44. The van der Waals surface area contributed by atoms with Crippen molar-refractivity contribution in [3.05, 3.63) is 24.0 Å². The summed E-state index contributed by atoms with van der Waals surface area (Å²) < 4.78 is 7.42. The standard InChI is InChI=1S/C17H26N4O3/c1-18-15(22)7-10-17(24-3)9-4-12-21(13-17)16(23)6-5-14-8-11-19-20(14)2/h5-6,8,11H,4,7,9-10,12-13H2,1-3H3,(H,18,22)/b6-5+. The van der Waals surface area contributed by atoms with Gasteiger partial charge in [0.15, 0.2) is 0 Å². The zero-order valence-corrected chi connectivity index (χ0v) is 14.6. The molecule has 1 aliphatic heterocycles. The molecule has 0 spiro atoms. The molecular weight excluding hydrogens is 308 g/mol. The van der Waals surface area contributed by atoms with Crippen molar-refractivity contribution in [1.29, 1.82) is 0 Å². The van der Waals surface area contributed by atoms with E-state index in [1.54, 1.807) is 42.1 Å². The van der Waals surface area contributed by atoms with Gasteiger partial charge in [-0.1, -0.05) is 0 Å². The lowest BCUT2D eigenvalue weighted by Crippen LogP contribution is -2.51. The quantitative estimate of drug-likeness (QED) is 0.787. The molecule has 2 rings (SSSR count). The fraction of sp³-hybridized carbons (Fsp3) is 0.588. The molecule has 1 aromatic heterocycles. The molecule has 1 aromatic rings. The highest BCUT2D eigenvalue weighted by Gasteiger charge is 2.36. The number of likely N-dealkylation sites (tertiary alicyclic amines) is 1. The van der Waals surface area contributed by atoms with E-state index >= 15 is 0 Å². The Morgan fingerprint density at radius 2 is 2.29 bits per heavy atom. The molecule has 1 saturated heterocycles. The third-order valence-corrected chi connectivity index (χ3v) is 4.63. The number of amides is 2. The van der Waals surface area contributed by atoms with Crippen molar-refractivity contribution in [3.63, 3.8) is 0 Å². The molecular formula is C17H26N4O3. The summed E-state index contributed by atoms with van der Waals surface area (Å²) in [5.74, 6) is -0.0525. The monoisotopic (exact) mass is 334 g/mol. The molecule has 2 amide bonds. The van der Waals surface area contributed by atoms with Gasteiger partial charge in [-0.3, -0.25) is 14.3 Å². The van der Waals surface area contributed by atoms with Crippen LogP contribution in [-0.2, 0) is 21.4 Å². The number of carbonyl (C=O) groups is 2. The van der Waals surface area contributed by atoms with Crippen molar-refractivity contribution in [2.24, 2.45) is 7.05 Å². The first kappa shape index (κ1) is 18.2. The number of hydrogen-bond acceptors (Lipinski definition) is 4. The lowest BCUT2D eigenvalue weighted by molar-refractivity contribution is -0.136. The fourth-order valence-electron chi connectivity index (χ4n) is 3.03. The lowest BCUT2D eigenvalue weighted by Gasteiger charge is -2.41. The molecule has 0 aliphatic carbocycles. The van der Waals surface area contributed by atoms with E-state index < -0.39 is 5.60 Å². The van der Waals surface area contributed by atoms with Gasteiger partial charge >= 0.3 is 0 Å². The van der Waals surface area contributed by atoms with Gasteiger partial charge in [0.05, 0.1) is 11.3 Å². The van der Waals surface area contributed by atoms with E-state index in [-0.39, 0.29) is 11.8 Å². The Hall–Kier alpha value is -2.15. The third-order valence-electron chi connectivity index (χ3n) is 4.63. The number of piperidine rings is 1. The highest BCUT2D eigenvalue weighted by molar-refractivity contribution is 5.91. The topological polar surface area (TPSA) is 76.5 Å². The van der Waals surface area contributed by atoms with Gasteiger partial charge in [-0.2, -0.15) is 5.10 Å². The molecule has 1 fully saturated rings. The van der Waals surface area contributed by atoms with Gasteiger partial charge in [-0.25, -0.2) is 0 Å². The van der Waals surface area contributed by atoms with E-state index in [9.17, 15) is 9.59 Å². The zero-order valence-electron chi connectivity index (χ0n) is 14.6. The van der Waals surface area contributed by atoms with E-state index in [2.05, 4.69) is 10.4 Å². The first-order valence-corrected chi connectivity index (χ1v) is 8.20. The van der Waals surface area contributed by atoms with E-state index in [4.69, 9.17) is 4.74 Å². The van der Waals surface area contributed by atoms with Gasteiger partial charge in [0.2, 0.25) is 11.8 Å². The molecule has 0 bridgehead atoms. The number of nitrogens with zero attached hydrogens (tertiary/aromatic N) is 3. The zero-order chi connectivity index (χ0) is 17.6. The fourth-order valence-corrected chi connectivity index (χ4v) is 3.03. The Labute approximate surface area is 142 Å². The number of aromatic nitrogens is 2. The number of carbonyl (C=O) groups excluding carboxylic acids is 2. The van der Waals surface area contributed by atoms with Crippen molar-refractivity contribution >= 4 is 17.9 Å². The molecule has 0 aromatic carbocycles. The second-order valence-corrected chi connectivity index (χ2v) is 6.14. The van der Waals surface area contributed by atoms with E-state index in [1.807, 2.05) is 13.1 Å². The first-order valence-electron chi connectivity index (χ1n) is 8.20. The van der Waals surface area contributed by atoms with Crippen molar-refractivity contribution < 1.29 is 14.3 Å². The van der Waals surface area contributed by atoms with Crippen LogP contribution < -0.4 is 5.32 Å². The summed E-state index contributed by atoms with van der Waals surface area (Å²) in [5, 5.41) is 6.70. The molecule has 2 heterocycles. The molecule has 1 atom stereocenters. The second kappa shape index (κ2) is 8.10. The Kier molecular flexibility index (Phi) is 6.14. The van der Waals surface area contributed by atoms with Crippen molar-refractivity contribution in [2.75, 3.05) is 27.2 Å². The Morgan fingerprint density at radius 3 is 2.92 bits per heavy atom. The van der Waals surface area contributed by atoms with Gasteiger partial charge in [0, 0.05) is 53.0 Å². The Morgan fingerprint density at radius 1 is 1.50 bits per heavy atom. The number of ether oxygens (including phenoxy) is 1. The Bertz CT molecular complexity index is 611. The van der Waals surface area contributed by atoms with E-state index in [0.717, 1.165) is 18.5 Å². The summed E-state index contributed by atoms with van der Waals surface area (Å²) in [6.45, 7) is 1.22. The smallest absolute Gasteiger partial charge is 0.246 e. The molecule has 0 saturated carbocycles. The average Bonchev–Trinajstić information content (AvgIpc) is 3.02. The van der Waals surface area contributed by atoms with Gasteiger partial charge in [0.25, 0.3) is 0 Å². The van der Waals surface area contributed by atoms with Gasteiger partial charge in [-0.05, 0) is 31.4 Å². The minimum Gasteiger partial charge on any atom is -0.376 e. The molecule has 132 valence electrons. The number of methoxy groups -OCH3 is 1. The van der Waals surface area contributed by atoms with Gasteiger partial charge in [0.1, 0.15) is 0 Å². The SMILES string of the molecule is CNC(=O)CCC1(OC)CCCN(C(=O)/C=C/c2ccnn2C)C1. The first-order chi connectivity index (χ1) is 11.5. The molecule has 0 radical (unpaired) electrons. The lowest BCUT2D eigenvalue weighted by atomic mass is 9.87. The van der Waals surface area contributed by atoms with Crippen LogP contribution in [-0.4, -0.2) is 59.3 Å². The maximum absolute atomic E-state index is 12.5. The summed E-state index contributed by atoms with van der Waals surface area (Å²) in [7, 11) is 5.12. The number of nitrogens with one attached hydrogen (secondary N) is 1. The second-order valence-electron chi connectivity index (χ2n) is 6.14. The van der Waals surface area contributed by atoms with E-state index in [1.165, 1.54) is 0 Å². The average molecular weight is 334 g/mol. The molecule has 24 heavy (non-hydrogen) atoms. The molecule has 7 nitrogen and oxygen atoms in total. The van der Waals surface area contributed by atoms with Crippen LogP contribution >= 0.6 is 0 Å². The number of aryl methyl sites for hydroxylation is 1. The summed E-state index contributed by atoms with van der Waals surface area (Å²) in [6, 6.07) is 1.85. The molecule has 1 N–H and O–H groups in total. The van der Waals surface area contributed by atoms with Crippen LogP contribution in [0, 0.1) is 0 Å². The van der Waals surface area contributed by atoms with Crippen LogP contribution in [0.25, 0.3) is 6.08 Å². The minimum absolute atomic E-state index is 0.00835. The van der Waals surface area contributed by atoms with Crippen molar-refractivity contribution in [2.45, 2.75) is 31.3 Å². The van der Waals surface area contributed by atoms with Crippen molar-refractivity contribution in [3.8, 4) is 0 Å². The summed E-state index contributed by atoms with van der Waals surface area (Å²) in [4.78, 5) is 25.8. The van der Waals surface area contributed by atoms with Crippen LogP contribution in [0.3, 0.4) is 0 Å². The molecule has 1 aliphatic rings. The van der Waals surface area contributed by atoms with Crippen LogP contribution in [0.1, 0.15) is 31.4 Å².